The van der Waals surface area contributed by atoms with E-state index in [9.17, 15) is 13.2 Å². The molecule has 31 heavy (non-hydrogen) atoms. The van der Waals surface area contributed by atoms with Gasteiger partial charge in [0, 0.05) is 24.7 Å². The van der Waals surface area contributed by atoms with Crippen LogP contribution in [0.25, 0.3) is 0 Å². The summed E-state index contributed by atoms with van der Waals surface area (Å²) in [6.45, 7) is 6.82. The van der Waals surface area contributed by atoms with Crippen molar-refractivity contribution in [2.75, 3.05) is 18.4 Å². The van der Waals surface area contributed by atoms with Gasteiger partial charge in [0.15, 0.2) is 0 Å². The molecule has 2 aromatic rings. The molecule has 1 fully saturated rings. The van der Waals surface area contributed by atoms with Gasteiger partial charge in [0.2, 0.25) is 15.9 Å². The van der Waals surface area contributed by atoms with E-state index in [-0.39, 0.29) is 40.2 Å². The third-order valence-corrected chi connectivity index (χ3v) is 7.77. The summed E-state index contributed by atoms with van der Waals surface area (Å²) in [7, 11) is -3.59. The summed E-state index contributed by atoms with van der Waals surface area (Å²) in [5, 5.41) is 12.0. The van der Waals surface area contributed by atoms with Gasteiger partial charge in [-0.1, -0.05) is 44.5 Å². The molecule has 1 heterocycles. The largest absolute Gasteiger partial charge is 0.326 e. The van der Waals surface area contributed by atoms with Crippen LogP contribution in [0, 0.1) is 17.2 Å². The van der Waals surface area contributed by atoms with Gasteiger partial charge in [0.1, 0.15) is 6.07 Å². The molecule has 1 aliphatic rings. The summed E-state index contributed by atoms with van der Waals surface area (Å²) in [4.78, 5) is 12.9. The second-order valence-corrected chi connectivity index (χ2v) is 11.1. The molecule has 0 saturated carbocycles. The minimum atomic E-state index is -3.59. The lowest BCUT2D eigenvalue weighted by Crippen LogP contribution is -2.41. The Morgan fingerprint density at radius 3 is 2.26 bits per heavy atom. The van der Waals surface area contributed by atoms with Crippen LogP contribution in [0.15, 0.2) is 47.4 Å². The highest BCUT2D eigenvalue weighted by Gasteiger charge is 2.32. The quantitative estimate of drug-likeness (QED) is 0.726. The lowest BCUT2D eigenvalue weighted by atomic mass is 9.87. The predicted molar refractivity (Wildman–Crippen MR) is 121 cm³/mol. The van der Waals surface area contributed by atoms with E-state index in [0.717, 1.165) is 5.56 Å². The third kappa shape index (κ3) is 5.27. The Morgan fingerprint density at radius 2 is 1.74 bits per heavy atom. The zero-order valence-electron chi connectivity index (χ0n) is 17.9. The van der Waals surface area contributed by atoms with Gasteiger partial charge in [0.05, 0.1) is 15.5 Å². The average molecular weight is 460 g/mol. The van der Waals surface area contributed by atoms with E-state index >= 15 is 0 Å². The molecule has 0 bridgehead atoms. The van der Waals surface area contributed by atoms with Crippen molar-refractivity contribution in [1.29, 1.82) is 5.26 Å². The molecular weight excluding hydrogens is 434 g/mol. The summed E-state index contributed by atoms with van der Waals surface area (Å²) in [5.74, 6) is -0.462. The van der Waals surface area contributed by atoms with Gasteiger partial charge in [-0.25, -0.2) is 8.42 Å². The zero-order valence-corrected chi connectivity index (χ0v) is 19.4. The van der Waals surface area contributed by atoms with Gasteiger partial charge < -0.3 is 5.32 Å². The third-order valence-electron chi connectivity index (χ3n) is 5.54. The number of sulfonamides is 1. The van der Waals surface area contributed by atoms with Gasteiger partial charge in [0.25, 0.3) is 0 Å². The lowest BCUT2D eigenvalue weighted by molar-refractivity contribution is -0.120. The topological polar surface area (TPSA) is 90.3 Å². The monoisotopic (exact) mass is 459 g/mol. The maximum absolute atomic E-state index is 13.0. The summed E-state index contributed by atoms with van der Waals surface area (Å²) in [6, 6.07) is 13.7. The number of nitriles is 1. The van der Waals surface area contributed by atoms with Crippen molar-refractivity contribution in [3.8, 4) is 6.07 Å². The number of carbonyl (C=O) groups excluding carboxylic acids is 1. The molecule has 1 aliphatic heterocycles. The number of nitrogens with one attached hydrogen (secondary N) is 1. The molecular formula is C23H26ClN3O3S. The van der Waals surface area contributed by atoms with Crippen LogP contribution < -0.4 is 5.32 Å². The number of benzene rings is 2. The number of rotatable bonds is 4. The first-order valence-electron chi connectivity index (χ1n) is 10.1. The maximum atomic E-state index is 13.0. The summed E-state index contributed by atoms with van der Waals surface area (Å²) in [5.41, 5.74) is 1.88. The maximum Gasteiger partial charge on any atom is 0.243 e. The minimum absolute atomic E-state index is 0.0485. The van der Waals surface area contributed by atoms with Crippen molar-refractivity contribution in [3.63, 3.8) is 0 Å². The van der Waals surface area contributed by atoms with Gasteiger partial charge >= 0.3 is 0 Å². The summed E-state index contributed by atoms with van der Waals surface area (Å²) in [6.07, 6.45) is 0.879. The second kappa shape index (κ2) is 8.99. The number of hydrogen-bond acceptors (Lipinski definition) is 4. The van der Waals surface area contributed by atoms with E-state index in [1.54, 1.807) is 30.3 Å². The molecule has 0 aromatic heterocycles. The molecule has 0 aliphatic carbocycles. The summed E-state index contributed by atoms with van der Waals surface area (Å²) >= 11 is 6.01. The van der Waals surface area contributed by atoms with Crippen molar-refractivity contribution >= 4 is 33.2 Å². The van der Waals surface area contributed by atoms with Gasteiger partial charge in [-0.05, 0) is 54.2 Å². The first-order chi connectivity index (χ1) is 14.5. The number of amides is 1. The number of nitrogens with zero attached hydrogens (tertiary/aromatic N) is 2. The van der Waals surface area contributed by atoms with Crippen molar-refractivity contribution in [3.05, 3.63) is 58.6 Å². The second-order valence-electron chi connectivity index (χ2n) is 8.75. The average Bonchev–Trinajstić information content (AvgIpc) is 2.73. The van der Waals surface area contributed by atoms with E-state index in [1.165, 1.54) is 4.31 Å². The standard InChI is InChI=1S/C23H26ClN3O3S/c1-23(2,3)18-5-8-20(9-6-18)31(29,30)27-12-10-16(11-13-27)22(28)26-19-7-4-17(15-25)21(24)14-19/h4-9,14,16H,10-13H2,1-3H3,(H,26,28). The predicted octanol–water partition coefficient (Wildman–Crippen LogP) is 4.55. The van der Waals surface area contributed by atoms with Gasteiger partial charge in [-0.15, -0.1) is 0 Å². The number of piperidine rings is 1. The van der Waals surface area contributed by atoms with Crippen LogP contribution in [0.2, 0.25) is 5.02 Å². The lowest BCUT2D eigenvalue weighted by Gasteiger charge is -2.30. The van der Waals surface area contributed by atoms with E-state index in [1.807, 2.05) is 18.2 Å². The van der Waals surface area contributed by atoms with E-state index in [2.05, 4.69) is 26.1 Å². The van der Waals surface area contributed by atoms with Crippen molar-refractivity contribution < 1.29 is 13.2 Å². The van der Waals surface area contributed by atoms with Crippen LogP contribution >= 0.6 is 11.6 Å². The number of hydrogen-bond donors (Lipinski definition) is 1. The Kier molecular flexibility index (Phi) is 6.75. The number of halogens is 1. The molecule has 164 valence electrons. The molecule has 3 rings (SSSR count). The molecule has 2 aromatic carbocycles. The molecule has 6 nitrogen and oxygen atoms in total. The summed E-state index contributed by atoms with van der Waals surface area (Å²) < 4.78 is 27.4. The van der Waals surface area contributed by atoms with Crippen LogP contribution in [-0.2, 0) is 20.2 Å². The van der Waals surface area contributed by atoms with Crippen molar-refractivity contribution in [2.24, 2.45) is 5.92 Å². The first kappa shape index (κ1) is 23.3. The molecule has 0 unspecified atom stereocenters. The zero-order chi connectivity index (χ0) is 22.8. The Morgan fingerprint density at radius 1 is 1.13 bits per heavy atom. The molecule has 0 radical (unpaired) electrons. The highest BCUT2D eigenvalue weighted by molar-refractivity contribution is 7.89. The fourth-order valence-corrected chi connectivity index (χ4v) is 5.25. The van der Waals surface area contributed by atoms with Gasteiger partial charge in [-0.2, -0.15) is 9.57 Å². The van der Waals surface area contributed by atoms with Crippen LogP contribution in [0.3, 0.4) is 0 Å². The Balaban J connectivity index is 1.62. The number of carbonyl (C=O) groups is 1. The molecule has 8 heteroatoms. The van der Waals surface area contributed by atoms with Crippen LogP contribution in [-0.4, -0.2) is 31.7 Å². The van der Waals surface area contributed by atoms with Crippen LogP contribution in [0.4, 0.5) is 5.69 Å². The van der Waals surface area contributed by atoms with E-state index in [0.29, 0.717) is 24.1 Å². The molecule has 1 N–H and O–H groups in total. The molecule has 1 amide bonds. The highest BCUT2D eigenvalue weighted by atomic mass is 35.5. The van der Waals surface area contributed by atoms with Crippen molar-refractivity contribution in [1.82, 2.24) is 4.31 Å². The van der Waals surface area contributed by atoms with Crippen LogP contribution in [0.1, 0.15) is 44.7 Å². The molecule has 0 atom stereocenters. The van der Waals surface area contributed by atoms with Gasteiger partial charge in [-0.3, -0.25) is 4.79 Å². The Bertz CT molecular complexity index is 1110. The normalized spacial score (nSPS) is 16.0. The van der Waals surface area contributed by atoms with Crippen molar-refractivity contribution in [2.45, 2.75) is 43.9 Å². The SMILES string of the molecule is CC(C)(C)c1ccc(S(=O)(=O)N2CCC(C(=O)Nc3ccc(C#N)c(Cl)c3)CC2)cc1. The fraction of sp³-hybridized carbons (Fsp3) is 0.391. The molecule has 0 spiro atoms. The molecule has 1 saturated heterocycles. The van der Waals surface area contributed by atoms with Crippen LogP contribution in [0.5, 0.6) is 0 Å². The van der Waals surface area contributed by atoms with E-state index in [4.69, 9.17) is 16.9 Å². The Labute approximate surface area is 188 Å². The first-order valence-corrected chi connectivity index (χ1v) is 12.0. The highest BCUT2D eigenvalue weighted by Crippen LogP contribution is 2.28. The van der Waals surface area contributed by atoms with E-state index < -0.39 is 10.0 Å². The fourth-order valence-electron chi connectivity index (χ4n) is 3.56. The Hall–Kier alpha value is -2.40. The smallest absolute Gasteiger partial charge is 0.243 e. The number of anilines is 1. The minimum Gasteiger partial charge on any atom is -0.326 e.